The molecular weight excluding hydrogens is 264 g/mol. The van der Waals surface area contributed by atoms with E-state index in [2.05, 4.69) is 37.9 Å². The minimum Gasteiger partial charge on any atom is -0.468 e. The lowest BCUT2D eigenvalue weighted by Crippen LogP contribution is -2.54. The molecule has 0 spiro atoms. The number of likely N-dealkylation sites (N-methyl/N-ethyl adjacent to an activating group) is 1. The molecule has 0 aliphatic rings. The average molecular weight is 300 g/mol. The van der Waals surface area contributed by atoms with Crippen LogP contribution in [-0.2, 0) is 9.53 Å². The topological polar surface area (TPSA) is 41.6 Å². The van der Waals surface area contributed by atoms with Gasteiger partial charge < -0.3 is 15.0 Å². The molecule has 1 N–H and O–H groups in total. The van der Waals surface area contributed by atoms with Gasteiger partial charge in [0.15, 0.2) is 0 Å². The number of carbonyl (C=O) groups is 1. The molecule has 4 heteroatoms. The van der Waals surface area contributed by atoms with Crippen molar-refractivity contribution in [2.45, 2.75) is 72.4 Å². The summed E-state index contributed by atoms with van der Waals surface area (Å²) in [7, 11) is 1.46. The van der Waals surface area contributed by atoms with Gasteiger partial charge in [-0.25, -0.2) is 0 Å². The number of ether oxygens (including phenoxy) is 1. The van der Waals surface area contributed by atoms with Gasteiger partial charge in [-0.3, -0.25) is 4.79 Å². The van der Waals surface area contributed by atoms with Gasteiger partial charge in [-0.1, -0.05) is 40.5 Å². The van der Waals surface area contributed by atoms with Crippen LogP contribution in [0.2, 0.25) is 0 Å². The van der Waals surface area contributed by atoms with Gasteiger partial charge in [0.25, 0.3) is 0 Å². The lowest BCUT2D eigenvalue weighted by Gasteiger charge is -2.36. The Bertz CT molecular complexity index is 293. The summed E-state index contributed by atoms with van der Waals surface area (Å²) in [5, 5.41) is 3.30. The Morgan fingerprint density at radius 3 is 2.19 bits per heavy atom. The summed E-state index contributed by atoms with van der Waals surface area (Å²) in [6.07, 6.45) is 3.18. The second-order valence-electron chi connectivity index (χ2n) is 6.18. The highest BCUT2D eigenvalue weighted by Crippen LogP contribution is 2.20. The van der Waals surface area contributed by atoms with Gasteiger partial charge in [0.1, 0.15) is 5.54 Å². The number of carbonyl (C=O) groups excluding carboxylic acids is 1. The fraction of sp³-hybridized carbons (Fsp3) is 0.941. The van der Waals surface area contributed by atoms with Crippen molar-refractivity contribution in [3.05, 3.63) is 0 Å². The molecule has 0 aromatic rings. The zero-order chi connectivity index (χ0) is 16.5. The van der Waals surface area contributed by atoms with E-state index in [1.54, 1.807) is 0 Å². The van der Waals surface area contributed by atoms with Crippen LogP contribution in [0.3, 0.4) is 0 Å². The van der Waals surface area contributed by atoms with Crippen molar-refractivity contribution in [2.24, 2.45) is 5.92 Å². The number of hydrogen-bond donors (Lipinski definition) is 1. The molecule has 2 unspecified atom stereocenters. The fourth-order valence-electron chi connectivity index (χ4n) is 3.06. The van der Waals surface area contributed by atoms with Crippen LogP contribution in [0.1, 0.15) is 60.8 Å². The molecule has 0 bridgehead atoms. The number of methoxy groups -OCH3 is 1. The standard InChI is InChI=1S/C17H36N2O2/c1-8-15(9-2)13-19(11-4)14(5)12-17(6,18-10-3)16(20)21-7/h14-15,18H,8-13H2,1-7H3. The molecule has 0 rings (SSSR count). The van der Waals surface area contributed by atoms with Gasteiger partial charge in [0.2, 0.25) is 0 Å². The molecule has 0 aliphatic carbocycles. The second kappa shape index (κ2) is 10.2. The van der Waals surface area contributed by atoms with Crippen molar-refractivity contribution in [2.75, 3.05) is 26.7 Å². The summed E-state index contributed by atoms with van der Waals surface area (Å²) in [6.45, 7) is 15.8. The molecule has 0 aromatic heterocycles. The summed E-state index contributed by atoms with van der Waals surface area (Å²) >= 11 is 0. The maximum absolute atomic E-state index is 12.1. The summed E-state index contributed by atoms with van der Waals surface area (Å²) in [6, 6.07) is 0.346. The Balaban J connectivity index is 4.85. The molecule has 126 valence electrons. The van der Waals surface area contributed by atoms with Crippen molar-refractivity contribution in [1.82, 2.24) is 10.2 Å². The number of hydrogen-bond acceptors (Lipinski definition) is 4. The minimum atomic E-state index is -0.607. The molecule has 0 radical (unpaired) electrons. The lowest BCUT2D eigenvalue weighted by atomic mass is 9.91. The Kier molecular flexibility index (Phi) is 9.88. The van der Waals surface area contributed by atoms with E-state index in [0.29, 0.717) is 6.04 Å². The van der Waals surface area contributed by atoms with Crippen molar-refractivity contribution in [1.29, 1.82) is 0 Å². The van der Waals surface area contributed by atoms with E-state index in [0.717, 1.165) is 32.0 Å². The molecule has 2 atom stereocenters. The summed E-state index contributed by atoms with van der Waals surface area (Å²) in [4.78, 5) is 14.6. The van der Waals surface area contributed by atoms with Crippen molar-refractivity contribution < 1.29 is 9.53 Å². The highest BCUT2D eigenvalue weighted by atomic mass is 16.5. The first-order valence-corrected chi connectivity index (χ1v) is 8.45. The van der Waals surface area contributed by atoms with Crippen molar-refractivity contribution in [3.63, 3.8) is 0 Å². The van der Waals surface area contributed by atoms with E-state index in [9.17, 15) is 4.79 Å². The second-order valence-corrected chi connectivity index (χ2v) is 6.18. The predicted molar refractivity (Wildman–Crippen MR) is 89.5 cm³/mol. The molecule has 0 aromatic carbocycles. The first kappa shape index (κ1) is 20.4. The Labute approximate surface area is 131 Å². The third-order valence-corrected chi connectivity index (χ3v) is 4.58. The monoisotopic (exact) mass is 300 g/mol. The molecule has 21 heavy (non-hydrogen) atoms. The van der Waals surface area contributed by atoms with Crippen LogP contribution in [-0.4, -0.2) is 49.2 Å². The summed E-state index contributed by atoms with van der Waals surface area (Å²) in [5.74, 6) is 0.561. The SMILES string of the molecule is CCNC(C)(CC(C)N(CC)CC(CC)CC)C(=O)OC. The van der Waals surface area contributed by atoms with Crippen LogP contribution >= 0.6 is 0 Å². The molecular formula is C17H36N2O2. The lowest BCUT2D eigenvalue weighted by molar-refractivity contribution is -0.148. The molecule has 0 aliphatic heterocycles. The van der Waals surface area contributed by atoms with Gasteiger partial charge in [-0.05, 0) is 39.3 Å². The van der Waals surface area contributed by atoms with Crippen molar-refractivity contribution >= 4 is 5.97 Å². The van der Waals surface area contributed by atoms with Crippen molar-refractivity contribution in [3.8, 4) is 0 Å². The average Bonchev–Trinajstić information content (AvgIpc) is 2.47. The normalized spacial score (nSPS) is 16.0. The smallest absolute Gasteiger partial charge is 0.325 e. The zero-order valence-electron chi connectivity index (χ0n) is 15.2. The predicted octanol–water partition coefficient (Wildman–Crippen LogP) is 3.06. The zero-order valence-corrected chi connectivity index (χ0v) is 15.2. The minimum absolute atomic E-state index is 0.171. The largest absolute Gasteiger partial charge is 0.468 e. The number of rotatable bonds is 11. The molecule has 4 nitrogen and oxygen atoms in total. The molecule has 0 heterocycles. The first-order valence-electron chi connectivity index (χ1n) is 8.45. The first-order chi connectivity index (χ1) is 9.88. The van der Waals surface area contributed by atoms with Crippen LogP contribution in [0.5, 0.6) is 0 Å². The van der Waals surface area contributed by atoms with E-state index in [1.807, 2.05) is 13.8 Å². The van der Waals surface area contributed by atoms with Crippen LogP contribution < -0.4 is 5.32 Å². The van der Waals surface area contributed by atoms with E-state index < -0.39 is 5.54 Å². The molecule has 0 fully saturated rings. The Morgan fingerprint density at radius 1 is 1.24 bits per heavy atom. The molecule has 0 saturated carbocycles. The van der Waals surface area contributed by atoms with E-state index in [-0.39, 0.29) is 5.97 Å². The van der Waals surface area contributed by atoms with E-state index in [1.165, 1.54) is 20.0 Å². The van der Waals surface area contributed by atoms with Crippen LogP contribution in [0.25, 0.3) is 0 Å². The summed E-state index contributed by atoms with van der Waals surface area (Å²) < 4.78 is 4.99. The third kappa shape index (κ3) is 6.35. The fourth-order valence-corrected chi connectivity index (χ4v) is 3.06. The Hall–Kier alpha value is -0.610. The highest BCUT2D eigenvalue weighted by Gasteiger charge is 2.36. The summed E-state index contributed by atoms with van der Waals surface area (Å²) in [5.41, 5.74) is -0.607. The van der Waals surface area contributed by atoms with Gasteiger partial charge in [-0.15, -0.1) is 0 Å². The van der Waals surface area contributed by atoms with E-state index in [4.69, 9.17) is 4.74 Å². The van der Waals surface area contributed by atoms with Gasteiger partial charge in [0, 0.05) is 12.6 Å². The number of nitrogens with zero attached hydrogens (tertiary/aromatic N) is 1. The quantitative estimate of drug-likeness (QED) is 0.595. The third-order valence-electron chi connectivity index (χ3n) is 4.58. The van der Waals surface area contributed by atoms with Crippen LogP contribution in [0.15, 0.2) is 0 Å². The maximum atomic E-state index is 12.1. The van der Waals surface area contributed by atoms with Gasteiger partial charge in [0.05, 0.1) is 7.11 Å². The molecule has 0 amide bonds. The number of esters is 1. The Morgan fingerprint density at radius 2 is 1.81 bits per heavy atom. The maximum Gasteiger partial charge on any atom is 0.325 e. The van der Waals surface area contributed by atoms with Crippen LogP contribution in [0, 0.1) is 5.92 Å². The highest BCUT2D eigenvalue weighted by molar-refractivity contribution is 5.80. The van der Waals surface area contributed by atoms with Crippen LogP contribution in [0.4, 0.5) is 0 Å². The number of nitrogens with one attached hydrogen (secondary N) is 1. The van der Waals surface area contributed by atoms with E-state index >= 15 is 0 Å². The molecule has 0 saturated heterocycles. The van der Waals surface area contributed by atoms with Gasteiger partial charge >= 0.3 is 5.97 Å². The van der Waals surface area contributed by atoms with Gasteiger partial charge in [-0.2, -0.15) is 0 Å².